The molecule has 0 spiro atoms. The quantitative estimate of drug-likeness (QED) is 0.871. The normalized spacial score (nSPS) is 13.7. The fourth-order valence-electron chi connectivity index (χ4n) is 2.09. The lowest BCUT2D eigenvalue weighted by Crippen LogP contribution is -2.44. The van der Waals surface area contributed by atoms with Gasteiger partial charge in [0.25, 0.3) is 0 Å². The van der Waals surface area contributed by atoms with Crippen molar-refractivity contribution in [1.82, 2.24) is 4.90 Å². The van der Waals surface area contributed by atoms with Gasteiger partial charge in [0.05, 0.1) is 6.42 Å². The molecule has 1 unspecified atom stereocenters. The zero-order chi connectivity index (χ0) is 13.9. The number of hydrogen-bond acceptors (Lipinski definition) is 2. The first-order valence-corrected chi connectivity index (χ1v) is 6.25. The van der Waals surface area contributed by atoms with Crippen molar-refractivity contribution in [3.8, 4) is 0 Å². The van der Waals surface area contributed by atoms with Crippen LogP contribution in [0.25, 0.3) is 0 Å². The number of nitrogens with zero attached hydrogens (tertiary/aromatic N) is 1. The molecular weight excluding hydrogens is 226 g/mol. The third-order valence-corrected chi connectivity index (χ3v) is 3.68. The number of hydrogen-bond donors (Lipinski definition) is 1. The van der Waals surface area contributed by atoms with Crippen molar-refractivity contribution in [3.63, 3.8) is 0 Å². The molecule has 1 aromatic carbocycles. The summed E-state index contributed by atoms with van der Waals surface area (Å²) in [7, 11) is 1.98. The van der Waals surface area contributed by atoms with Crippen LogP contribution in [0.15, 0.2) is 24.3 Å². The number of carboxylic acids is 1. The van der Waals surface area contributed by atoms with E-state index in [4.69, 9.17) is 5.11 Å². The Morgan fingerprint density at radius 2 is 1.83 bits per heavy atom. The van der Waals surface area contributed by atoms with E-state index in [1.807, 2.05) is 20.9 Å². The van der Waals surface area contributed by atoms with Crippen molar-refractivity contribution in [3.05, 3.63) is 35.4 Å². The monoisotopic (exact) mass is 249 g/mol. The molecular formula is C15H23NO2. The van der Waals surface area contributed by atoms with Crippen LogP contribution in [0.5, 0.6) is 0 Å². The average Bonchev–Trinajstić information content (AvgIpc) is 2.26. The Balaban J connectivity index is 2.85. The Morgan fingerprint density at radius 3 is 2.28 bits per heavy atom. The fourth-order valence-corrected chi connectivity index (χ4v) is 2.09. The summed E-state index contributed by atoms with van der Waals surface area (Å²) in [4.78, 5) is 13.0. The maximum absolute atomic E-state index is 10.9. The second-order valence-electron chi connectivity index (χ2n) is 5.58. The van der Waals surface area contributed by atoms with Crippen LogP contribution in [0.4, 0.5) is 0 Å². The summed E-state index contributed by atoms with van der Waals surface area (Å²) >= 11 is 0. The highest BCUT2D eigenvalue weighted by Crippen LogP contribution is 2.28. The average molecular weight is 249 g/mol. The summed E-state index contributed by atoms with van der Waals surface area (Å²) in [5.41, 5.74) is 2.08. The molecule has 1 aromatic rings. The third-order valence-electron chi connectivity index (χ3n) is 3.68. The van der Waals surface area contributed by atoms with Gasteiger partial charge in [-0.25, -0.2) is 0 Å². The minimum absolute atomic E-state index is 0.139. The predicted molar refractivity (Wildman–Crippen MR) is 73.7 cm³/mol. The lowest BCUT2D eigenvalue weighted by molar-refractivity contribution is -0.140. The van der Waals surface area contributed by atoms with Crippen molar-refractivity contribution < 1.29 is 9.90 Å². The highest BCUT2D eigenvalue weighted by Gasteiger charge is 2.30. The molecule has 0 fully saturated rings. The second-order valence-corrected chi connectivity index (χ2v) is 5.58. The maximum Gasteiger partial charge on any atom is 0.305 e. The minimum Gasteiger partial charge on any atom is -0.481 e. The summed E-state index contributed by atoms with van der Waals surface area (Å²) < 4.78 is 0. The van der Waals surface area contributed by atoms with Crippen LogP contribution < -0.4 is 0 Å². The maximum atomic E-state index is 10.9. The summed E-state index contributed by atoms with van der Waals surface area (Å²) in [6.07, 6.45) is 0.139. The Morgan fingerprint density at radius 1 is 1.33 bits per heavy atom. The Labute approximate surface area is 109 Å². The van der Waals surface area contributed by atoms with Gasteiger partial charge in [-0.3, -0.25) is 9.69 Å². The van der Waals surface area contributed by atoms with Crippen LogP contribution in [0.2, 0.25) is 0 Å². The van der Waals surface area contributed by atoms with Crippen LogP contribution in [0, 0.1) is 6.92 Å². The molecule has 1 atom stereocenters. The van der Waals surface area contributed by atoms with E-state index >= 15 is 0 Å². The van der Waals surface area contributed by atoms with Gasteiger partial charge in [0.15, 0.2) is 0 Å². The van der Waals surface area contributed by atoms with Crippen molar-refractivity contribution in [2.24, 2.45) is 0 Å². The van der Waals surface area contributed by atoms with Crippen molar-refractivity contribution in [1.29, 1.82) is 0 Å². The van der Waals surface area contributed by atoms with E-state index in [1.165, 1.54) is 11.1 Å². The van der Waals surface area contributed by atoms with Crippen LogP contribution in [-0.4, -0.2) is 28.6 Å². The molecule has 3 heteroatoms. The first kappa shape index (κ1) is 14.7. The van der Waals surface area contributed by atoms with E-state index in [0.717, 1.165) is 0 Å². The first-order chi connectivity index (χ1) is 8.24. The van der Waals surface area contributed by atoms with E-state index in [-0.39, 0.29) is 18.0 Å². The molecule has 0 aromatic heterocycles. The largest absolute Gasteiger partial charge is 0.481 e. The summed E-state index contributed by atoms with van der Waals surface area (Å²) in [5.74, 6) is -0.761. The molecule has 0 heterocycles. The van der Waals surface area contributed by atoms with Gasteiger partial charge in [0.1, 0.15) is 0 Å². The second kappa shape index (κ2) is 5.53. The molecule has 0 radical (unpaired) electrons. The van der Waals surface area contributed by atoms with Gasteiger partial charge < -0.3 is 5.11 Å². The number of benzene rings is 1. The lowest BCUT2D eigenvalue weighted by atomic mass is 9.94. The Kier molecular flexibility index (Phi) is 4.52. The molecule has 100 valence electrons. The molecule has 0 aliphatic carbocycles. The lowest BCUT2D eigenvalue weighted by Gasteiger charge is -2.39. The van der Waals surface area contributed by atoms with Crippen LogP contribution in [-0.2, 0) is 4.79 Å². The molecule has 0 amide bonds. The van der Waals surface area contributed by atoms with E-state index in [0.29, 0.717) is 0 Å². The Hall–Kier alpha value is -1.35. The molecule has 0 saturated carbocycles. The summed E-state index contributed by atoms with van der Waals surface area (Å²) in [6, 6.07) is 8.58. The number of carbonyl (C=O) groups is 1. The van der Waals surface area contributed by atoms with Crippen LogP contribution >= 0.6 is 0 Å². The SMILES string of the molecule is Cc1ccc(C(C)N(C)C(C)(C)CC(=O)O)cc1. The van der Waals surface area contributed by atoms with E-state index in [2.05, 4.69) is 43.0 Å². The summed E-state index contributed by atoms with van der Waals surface area (Å²) in [5, 5.41) is 8.96. The van der Waals surface area contributed by atoms with E-state index in [9.17, 15) is 4.79 Å². The van der Waals surface area contributed by atoms with Gasteiger partial charge in [-0.05, 0) is 40.3 Å². The van der Waals surface area contributed by atoms with Gasteiger partial charge >= 0.3 is 5.97 Å². The van der Waals surface area contributed by atoms with Gasteiger partial charge in [0.2, 0.25) is 0 Å². The molecule has 0 saturated heterocycles. The molecule has 0 aliphatic heterocycles. The molecule has 1 rings (SSSR count). The van der Waals surface area contributed by atoms with Crippen LogP contribution in [0.3, 0.4) is 0 Å². The smallest absolute Gasteiger partial charge is 0.305 e. The number of aliphatic carboxylic acids is 1. The zero-order valence-electron chi connectivity index (χ0n) is 11.9. The number of carboxylic acid groups (broad SMARTS) is 1. The molecule has 1 N–H and O–H groups in total. The summed E-state index contributed by atoms with van der Waals surface area (Å²) in [6.45, 7) is 8.10. The topological polar surface area (TPSA) is 40.5 Å². The molecule has 18 heavy (non-hydrogen) atoms. The fraction of sp³-hybridized carbons (Fsp3) is 0.533. The zero-order valence-corrected chi connectivity index (χ0v) is 11.9. The van der Waals surface area contributed by atoms with Gasteiger partial charge in [-0.2, -0.15) is 0 Å². The predicted octanol–water partition coefficient (Wildman–Crippen LogP) is 3.24. The number of rotatable bonds is 5. The minimum atomic E-state index is -0.761. The van der Waals surface area contributed by atoms with Gasteiger partial charge in [-0.15, -0.1) is 0 Å². The van der Waals surface area contributed by atoms with Crippen molar-refractivity contribution in [2.75, 3.05) is 7.05 Å². The van der Waals surface area contributed by atoms with Crippen LogP contribution in [0.1, 0.15) is 44.4 Å². The number of aryl methyl sites for hydroxylation is 1. The third kappa shape index (κ3) is 3.57. The molecule has 0 aliphatic rings. The Bertz CT molecular complexity index is 409. The first-order valence-electron chi connectivity index (χ1n) is 6.25. The van der Waals surface area contributed by atoms with E-state index < -0.39 is 5.97 Å². The standard InChI is InChI=1S/C15H23NO2/c1-11-6-8-13(9-7-11)12(2)16(5)15(3,4)10-14(17)18/h6-9,12H,10H2,1-5H3,(H,17,18). The van der Waals surface area contributed by atoms with Crippen molar-refractivity contribution in [2.45, 2.75) is 45.7 Å². The molecule has 0 bridgehead atoms. The van der Waals surface area contributed by atoms with Crippen molar-refractivity contribution >= 4 is 5.97 Å². The molecule has 3 nitrogen and oxygen atoms in total. The highest BCUT2D eigenvalue weighted by molar-refractivity contribution is 5.68. The highest BCUT2D eigenvalue weighted by atomic mass is 16.4. The van der Waals surface area contributed by atoms with Gasteiger partial charge in [-0.1, -0.05) is 29.8 Å². The van der Waals surface area contributed by atoms with E-state index in [1.54, 1.807) is 0 Å². The van der Waals surface area contributed by atoms with Gasteiger partial charge in [0, 0.05) is 11.6 Å².